The molecule has 62 heavy (non-hydrogen) atoms. The molecular weight excluding hydrogens is 832 g/mol. The van der Waals surface area contributed by atoms with Gasteiger partial charge in [-0.3, -0.25) is 4.79 Å². The van der Waals surface area contributed by atoms with E-state index in [0.717, 1.165) is 36.4 Å². The van der Waals surface area contributed by atoms with Crippen LogP contribution in [0.3, 0.4) is 0 Å². The van der Waals surface area contributed by atoms with Crippen molar-refractivity contribution in [2.24, 2.45) is 0 Å². The van der Waals surface area contributed by atoms with Gasteiger partial charge in [0.2, 0.25) is 18.3 Å². The maximum absolute atomic E-state index is 12.5. The lowest BCUT2D eigenvalue weighted by molar-refractivity contribution is -0.305. The summed E-state index contributed by atoms with van der Waals surface area (Å²) >= 11 is 0. The molecule has 0 saturated carbocycles. The number of rotatable bonds is 14. The lowest BCUT2D eigenvalue weighted by Crippen LogP contribution is -2.60. The van der Waals surface area contributed by atoms with Gasteiger partial charge in [-0.05, 0) is 30.2 Å². The Kier molecular flexibility index (Phi) is 13.8. The number of phenols is 5. The summed E-state index contributed by atoms with van der Waals surface area (Å²) in [5.74, 6) is -7.68. The van der Waals surface area contributed by atoms with Gasteiger partial charge in [-0.2, -0.15) is 0 Å². The largest absolute Gasteiger partial charge is 0.550 e. The monoisotopic (exact) mass is 872 g/mol. The highest BCUT2D eigenvalue weighted by Gasteiger charge is 2.47. The van der Waals surface area contributed by atoms with Crippen LogP contribution in [0.15, 0.2) is 65.1 Å². The van der Waals surface area contributed by atoms with Gasteiger partial charge in [-0.1, -0.05) is 12.1 Å². The lowest BCUT2D eigenvalue weighted by atomic mass is 9.99. The number of carbonyl (C=O) groups is 3. The first-order valence-corrected chi connectivity index (χ1v) is 18.5. The van der Waals surface area contributed by atoms with Crippen molar-refractivity contribution in [2.75, 3.05) is 13.2 Å². The normalized spacial score (nSPS) is 26.2. The number of hydrogen-bond donors (Lipinski definition) is 11. The van der Waals surface area contributed by atoms with E-state index in [2.05, 4.69) is 0 Å². The SMILES string of the molecule is O=C([O-])CCC(=O)OCC1OC(Oc2cc(O)c3cc(OC4OC(COC(=O)C=Cc5ccc(O)cc5)C(O)C(O)C4O)c(-c4cc(O)c(O)c(O)c4)[o+]c3c2)C(O)C(O)C1O. The van der Waals surface area contributed by atoms with Crippen LogP contribution in [0.25, 0.3) is 28.4 Å². The van der Waals surface area contributed by atoms with E-state index < -0.39 is 140 Å². The predicted molar refractivity (Wildman–Crippen MR) is 201 cm³/mol. The fraction of sp³-hybridized carbons (Fsp3) is 0.350. The molecule has 2 saturated heterocycles. The van der Waals surface area contributed by atoms with Crippen molar-refractivity contribution in [2.45, 2.75) is 74.3 Å². The van der Waals surface area contributed by atoms with Crippen LogP contribution >= 0.6 is 0 Å². The summed E-state index contributed by atoms with van der Waals surface area (Å²) < 4.78 is 38.9. The molecule has 22 heteroatoms. The summed E-state index contributed by atoms with van der Waals surface area (Å²) in [4.78, 5) is 35.0. The second kappa shape index (κ2) is 19.0. The second-order valence-electron chi connectivity index (χ2n) is 14.0. The zero-order chi connectivity index (χ0) is 45.0. The van der Waals surface area contributed by atoms with Crippen molar-refractivity contribution >= 4 is 35.0 Å². The quantitative estimate of drug-likeness (QED) is 0.0301. The van der Waals surface area contributed by atoms with Gasteiger partial charge in [-0.25, -0.2) is 9.21 Å². The molecule has 0 amide bonds. The van der Waals surface area contributed by atoms with E-state index >= 15 is 0 Å². The molecule has 2 aliphatic heterocycles. The van der Waals surface area contributed by atoms with Gasteiger partial charge < -0.3 is 94.5 Å². The fourth-order valence-electron chi connectivity index (χ4n) is 6.24. The van der Waals surface area contributed by atoms with Gasteiger partial charge in [0.1, 0.15) is 84.7 Å². The smallest absolute Gasteiger partial charge is 0.402 e. The van der Waals surface area contributed by atoms with Crippen molar-refractivity contribution in [3.8, 4) is 51.6 Å². The Balaban J connectivity index is 1.26. The Morgan fingerprint density at radius 1 is 0.677 bits per heavy atom. The second-order valence-corrected chi connectivity index (χ2v) is 14.0. The topological polar surface area (TPSA) is 363 Å². The molecule has 4 aromatic rings. The van der Waals surface area contributed by atoms with E-state index in [1.54, 1.807) is 0 Å². The Bertz CT molecular complexity index is 2270. The minimum Gasteiger partial charge on any atom is -0.550 e. The van der Waals surface area contributed by atoms with E-state index in [1.165, 1.54) is 30.3 Å². The molecule has 22 nitrogen and oxygen atoms in total. The van der Waals surface area contributed by atoms with Crippen LogP contribution in [0.1, 0.15) is 18.4 Å². The molecule has 11 N–H and O–H groups in total. The molecule has 3 aromatic carbocycles. The number of carboxylic acids is 1. The summed E-state index contributed by atoms with van der Waals surface area (Å²) in [6, 6.07) is 11.0. The van der Waals surface area contributed by atoms with E-state index in [9.17, 15) is 75.7 Å². The highest BCUT2D eigenvalue weighted by Crippen LogP contribution is 2.45. The third-order valence-electron chi connectivity index (χ3n) is 9.61. The number of esters is 2. The molecule has 0 spiro atoms. The third-order valence-corrected chi connectivity index (χ3v) is 9.61. The summed E-state index contributed by atoms with van der Waals surface area (Å²) in [7, 11) is 0. The zero-order valence-corrected chi connectivity index (χ0v) is 31.9. The van der Waals surface area contributed by atoms with Crippen molar-refractivity contribution in [3.63, 3.8) is 0 Å². The average Bonchev–Trinajstić information content (AvgIpc) is 3.23. The Morgan fingerprint density at radius 2 is 1.26 bits per heavy atom. The highest BCUT2D eigenvalue weighted by atomic mass is 16.7. The average molecular weight is 873 g/mol. The number of aliphatic hydroxyl groups is 6. The summed E-state index contributed by atoms with van der Waals surface area (Å²) in [6.45, 7) is -1.36. The van der Waals surface area contributed by atoms with Gasteiger partial charge in [0.15, 0.2) is 17.2 Å². The Labute approximate surface area is 348 Å². The van der Waals surface area contributed by atoms with Crippen LogP contribution < -0.4 is 14.6 Å². The van der Waals surface area contributed by atoms with Crippen LogP contribution in [-0.2, 0) is 33.3 Å². The molecule has 2 aliphatic rings. The molecule has 0 radical (unpaired) electrons. The zero-order valence-electron chi connectivity index (χ0n) is 31.9. The molecule has 1 aromatic heterocycles. The molecule has 0 aliphatic carbocycles. The molecule has 0 bridgehead atoms. The van der Waals surface area contributed by atoms with Crippen molar-refractivity contribution in [1.29, 1.82) is 0 Å². The Hall–Kier alpha value is -6.50. The van der Waals surface area contributed by atoms with Crippen LogP contribution in [0.4, 0.5) is 0 Å². The molecule has 332 valence electrons. The molecule has 10 unspecified atom stereocenters. The number of phenolic OH excluding ortho intramolecular Hbond substituents is 5. The molecule has 10 atom stereocenters. The van der Waals surface area contributed by atoms with Gasteiger partial charge in [0.05, 0.1) is 18.1 Å². The predicted octanol–water partition coefficient (Wildman–Crippen LogP) is -1.39. The van der Waals surface area contributed by atoms with Gasteiger partial charge in [0, 0.05) is 36.3 Å². The van der Waals surface area contributed by atoms with Crippen LogP contribution in [0.2, 0.25) is 0 Å². The third kappa shape index (κ3) is 10.3. The maximum atomic E-state index is 12.5. The summed E-state index contributed by atoms with van der Waals surface area (Å²) in [5.41, 5.74) is 0.100. The number of carbonyl (C=O) groups excluding carboxylic acids is 3. The molecule has 6 rings (SSSR count). The standard InChI is InChI=1S/C40H40O22/c41-18-4-1-16(2-5-18)3-7-29(47)56-15-27-33(51)35(53)37(55)40(62-27)60-25-13-20-21(42)11-19(12-24(20)59-38(25)17-9-22(43)31(49)23(44)10-17)58-39-36(54)34(52)32(50)26(61-39)14-57-30(48)8-6-28(45)46/h1-5,7,9-13,26-27,32-37,39-40,50-55H,6,8,14-15H2,(H5-,41,42,43,44,45,46,47,49). The lowest BCUT2D eigenvalue weighted by Gasteiger charge is -2.39. The van der Waals surface area contributed by atoms with Crippen LogP contribution in [0.5, 0.6) is 40.2 Å². The minimum absolute atomic E-state index is 0.00860. The number of aliphatic hydroxyl groups excluding tert-OH is 6. The fourth-order valence-corrected chi connectivity index (χ4v) is 6.24. The molecule has 2 fully saturated rings. The first kappa shape index (κ1) is 45.0. The van der Waals surface area contributed by atoms with Crippen molar-refractivity contribution in [3.05, 3.63) is 66.2 Å². The van der Waals surface area contributed by atoms with Gasteiger partial charge >= 0.3 is 23.3 Å². The number of aliphatic carboxylic acids is 1. The van der Waals surface area contributed by atoms with Crippen LogP contribution in [0, 0.1) is 0 Å². The molecular formula is C40H40O22. The van der Waals surface area contributed by atoms with Crippen LogP contribution in [-0.4, -0.2) is 149 Å². The number of fused-ring (bicyclic) bond motifs is 1. The number of carboxylic acid groups (broad SMARTS) is 1. The van der Waals surface area contributed by atoms with Gasteiger partial charge in [0.25, 0.3) is 0 Å². The first-order valence-electron chi connectivity index (χ1n) is 18.5. The van der Waals surface area contributed by atoms with Crippen molar-refractivity contribution in [1.82, 2.24) is 0 Å². The van der Waals surface area contributed by atoms with Crippen molar-refractivity contribution < 1.29 is 109 Å². The molecule has 3 heterocycles. The Morgan fingerprint density at radius 3 is 1.85 bits per heavy atom. The van der Waals surface area contributed by atoms with Gasteiger partial charge in [-0.15, -0.1) is 0 Å². The number of benzene rings is 3. The van der Waals surface area contributed by atoms with E-state index in [0.29, 0.717) is 5.56 Å². The minimum atomic E-state index is -1.98. The number of hydrogen-bond acceptors (Lipinski definition) is 21. The number of aromatic hydroxyl groups is 5. The number of ether oxygens (including phenoxy) is 6. The van der Waals surface area contributed by atoms with E-state index in [1.807, 2.05) is 0 Å². The maximum Gasteiger partial charge on any atom is 0.402 e. The highest BCUT2D eigenvalue weighted by molar-refractivity contribution is 5.89. The van der Waals surface area contributed by atoms with E-state index in [4.69, 9.17) is 32.8 Å². The summed E-state index contributed by atoms with van der Waals surface area (Å²) in [6.07, 6.45) is -16.8. The first-order chi connectivity index (χ1) is 29.4. The van der Waals surface area contributed by atoms with E-state index in [-0.39, 0.29) is 28.0 Å². The summed E-state index contributed by atoms with van der Waals surface area (Å²) in [5, 5.41) is 126.